The number of nitrogens with zero attached hydrogens (tertiary/aromatic N) is 2. The van der Waals surface area contributed by atoms with Gasteiger partial charge in [-0.15, -0.1) is 0 Å². The Bertz CT molecular complexity index is 548. The number of hydrogen-bond donors (Lipinski definition) is 2. The highest BCUT2D eigenvalue weighted by atomic mass is 16.3. The lowest BCUT2D eigenvalue weighted by molar-refractivity contribution is 0.280. The molecular weight excluding hydrogens is 250 g/mol. The van der Waals surface area contributed by atoms with Gasteiger partial charge in [0.2, 0.25) is 0 Å². The van der Waals surface area contributed by atoms with E-state index in [1.165, 1.54) is 5.56 Å². The Labute approximate surface area is 120 Å². The van der Waals surface area contributed by atoms with Gasteiger partial charge in [0.1, 0.15) is 0 Å². The second-order valence-corrected chi connectivity index (χ2v) is 5.38. The minimum absolute atomic E-state index is 0.0809. The molecule has 4 nitrogen and oxygen atoms in total. The summed E-state index contributed by atoms with van der Waals surface area (Å²) in [6, 6.07) is 8.56. The average molecular weight is 273 g/mol. The molecule has 0 aliphatic carbocycles. The van der Waals surface area contributed by atoms with Crippen LogP contribution in [0.4, 0.5) is 0 Å². The number of nitrogens with one attached hydrogen (secondary N) is 1. The Morgan fingerprint density at radius 2 is 1.90 bits per heavy atom. The van der Waals surface area contributed by atoms with Gasteiger partial charge in [-0.25, -0.2) is 0 Å². The van der Waals surface area contributed by atoms with Gasteiger partial charge in [0.15, 0.2) is 0 Å². The third-order valence-corrected chi connectivity index (χ3v) is 3.54. The normalized spacial score (nSPS) is 12.8. The largest absolute Gasteiger partial charge is 0.392 e. The molecule has 20 heavy (non-hydrogen) atoms. The van der Waals surface area contributed by atoms with E-state index in [2.05, 4.69) is 37.4 Å². The first-order valence-electron chi connectivity index (χ1n) is 7.07. The first-order chi connectivity index (χ1) is 9.61. The van der Waals surface area contributed by atoms with E-state index in [0.29, 0.717) is 6.04 Å². The lowest BCUT2D eigenvalue weighted by Crippen LogP contribution is -2.18. The third kappa shape index (κ3) is 3.46. The number of aliphatic hydroxyl groups excluding tert-OH is 1. The van der Waals surface area contributed by atoms with Crippen LogP contribution < -0.4 is 5.32 Å². The molecule has 0 radical (unpaired) electrons. The lowest BCUT2D eigenvalue weighted by Gasteiger charge is -2.14. The summed E-state index contributed by atoms with van der Waals surface area (Å²) in [5.74, 6) is 0. The monoisotopic (exact) mass is 273 g/mol. The molecule has 4 heteroatoms. The van der Waals surface area contributed by atoms with Crippen molar-refractivity contribution < 1.29 is 5.11 Å². The van der Waals surface area contributed by atoms with Crippen molar-refractivity contribution >= 4 is 0 Å². The van der Waals surface area contributed by atoms with Crippen LogP contribution in [0.1, 0.15) is 49.5 Å². The predicted molar refractivity (Wildman–Crippen MR) is 80.2 cm³/mol. The Kier molecular flexibility index (Phi) is 4.93. The number of rotatable bonds is 6. The van der Waals surface area contributed by atoms with Crippen molar-refractivity contribution in [1.29, 1.82) is 0 Å². The standard InChI is InChI=1S/C16H23N3O/c1-12(2)19-10-16(9-18-19)13(3)17-8-14-6-4-5-7-15(14)11-20/h4-7,9-10,12-13,17,20H,8,11H2,1-3H3. The van der Waals surface area contributed by atoms with Crippen LogP contribution in [-0.2, 0) is 13.2 Å². The summed E-state index contributed by atoms with van der Waals surface area (Å²) < 4.78 is 1.97. The third-order valence-electron chi connectivity index (χ3n) is 3.54. The Morgan fingerprint density at radius 1 is 1.20 bits per heavy atom. The quantitative estimate of drug-likeness (QED) is 0.851. The van der Waals surface area contributed by atoms with E-state index in [9.17, 15) is 5.11 Å². The molecule has 0 aliphatic rings. The molecule has 0 saturated carbocycles. The van der Waals surface area contributed by atoms with Gasteiger partial charge in [0.25, 0.3) is 0 Å². The van der Waals surface area contributed by atoms with Crippen molar-refractivity contribution in [2.45, 2.75) is 46.0 Å². The molecular formula is C16H23N3O. The molecule has 2 aromatic rings. The molecule has 0 aliphatic heterocycles. The smallest absolute Gasteiger partial charge is 0.0685 e. The highest BCUT2D eigenvalue weighted by Crippen LogP contribution is 2.15. The number of hydrogen-bond acceptors (Lipinski definition) is 3. The van der Waals surface area contributed by atoms with E-state index in [1.807, 2.05) is 35.1 Å². The summed E-state index contributed by atoms with van der Waals surface area (Å²) in [5, 5.41) is 17.2. The second-order valence-electron chi connectivity index (χ2n) is 5.38. The van der Waals surface area contributed by atoms with E-state index < -0.39 is 0 Å². The van der Waals surface area contributed by atoms with E-state index in [4.69, 9.17) is 0 Å². The second kappa shape index (κ2) is 6.68. The summed E-state index contributed by atoms with van der Waals surface area (Å²) in [6.45, 7) is 7.18. The first kappa shape index (κ1) is 14.8. The lowest BCUT2D eigenvalue weighted by atomic mass is 10.1. The van der Waals surface area contributed by atoms with E-state index in [-0.39, 0.29) is 12.6 Å². The fourth-order valence-corrected chi connectivity index (χ4v) is 2.12. The van der Waals surface area contributed by atoms with E-state index >= 15 is 0 Å². The number of benzene rings is 1. The maximum atomic E-state index is 9.32. The van der Waals surface area contributed by atoms with Crippen molar-refractivity contribution in [2.24, 2.45) is 0 Å². The Morgan fingerprint density at radius 3 is 2.50 bits per heavy atom. The van der Waals surface area contributed by atoms with Gasteiger partial charge in [-0.05, 0) is 31.9 Å². The zero-order valence-electron chi connectivity index (χ0n) is 12.4. The summed E-state index contributed by atoms with van der Waals surface area (Å²) >= 11 is 0. The van der Waals surface area contributed by atoms with Gasteiger partial charge >= 0.3 is 0 Å². The molecule has 108 valence electrons. The maximum Gasteiger partial charge on any atom is 0.0685 e. The van der Waals surface area contributed by atoms with Crippen LogP contribution in [0.5, 0.6) is 0 Å². The molecule has 2 rings (SSSR count). The summed E-state index contributed by atoms with van der Waals surface area (Å²) in [7, 11) is 0. The molecule has 1 aromatic heterocycles. The minimum Gasteiger partial charge on any atom is -0.392 e. The molecule has 2 N–H and O–H groups in total. The van der Waals surface area contributed by atoms with Gasteiger partial charge in [0.05, 0.1) is 12.8 Å². The van der Waals surface area contributed by atoms with Crippen LogP contribution in [-0.4, -0.2) is 14.9 Å². The molecule has 0 amide bonds. The summed E-state index contributed by atoms with van der Waals surface area (Å²) in [5.41, 5.74) is 3.29. The molecule has 0 fully saturated rings. The van der Waals surface area contributed by atoms with Crippen molar-refractivity contribution in [3.8, 4) is 0 Å². The van der Waals surface area contributed by atoms with Crippen molar-refractivity contribution in [2.75, 3.05) is 0 Å². The van der Waals surface area contributed by atoms with Crippen molar-refractivity contribution in [3.63, 3.8) is 0 Å². The summed E-state index contributed by atoms with van der Waals surface area (Å²) in [6.07, 6.45) is 4.00. The van der Waals surface area contributed by atoms with Crippen molar-refractivity contribution in [3.05, 3.63) is 53.3 Å². The van der Waals surface area contributed by atoms with E-state index in [1.54, 1.807) is 0 Å². The fourth-order valence-electron chi connectivity index (χ4n) is 2.12. The number of aliphatic hydroxyl groups is 1. The average Bonchev–Trinajstić information content (AvgIpc) is 2.95. The fraction of sp³-hybridized carbons (Fsp3) is 0.438. The number of aromatic nitrogens is 2. The van der Waals surface area contributed by atoms with Crippen LogP contribution in [0.2, 0.25) is 0 Å². The van der Waals surface area contributed by atoms with Gasteiger partial charge in [-0.2, -0.15) is 5.10 Å². The van der Waals surface area contributed by atoms with Gasteiger partial charge < -0.3 is 10.4 Å². The van der Waals surface area contributed by atoms with Crippen LogP contribution in [0.25, 0.3) is 0 Å². The molecule has 1 atom stereocenters. The molecule has 0 saturated heterocycles. The van der Waals surface area contributed by atoms with E-state index in [0.717, 1.165) is 17.7 Å². The van der Waals surface area contributed by atoms with Gasteiger partial charge in [0, 0.05) is 30.4 Å². The van der Waals surface area contributed by atoms with Crippen molar-refractivity contribution in [1.82, 2.24) is 15.1 Å². The summed E-state index contributed by atoms with van der Waals surface area (Å²) in [4.78, 5) is 0. The van der Waals surface area contributed by atoms with Crippen LogP contribution >= 0.6 is 0 Å². The minimum atomic E-state index is 0.0809. The highest BCUT2D eigenvalue weighted by Gasteiger charge is 2.10. The maximum absolute atomic E-state index is 9.32. The van der Waals surface area contributed by atoms with Gasteiger partial charge in [-0.1, -0.05) is 24.3 Å². The van der Waals surface area contributed by atoms with Crippen LogP contribution in [0.15, 0.2) is 36.7 Å². The molecule has 0 bridgehead atoms. The first-order valence-corrected chi connectivity index (χ1v) is 7.07. The zero-order chi connectivity index (χ0) is 14.5. The predicted octanol–water partition coefficient (Wildman–Crippen LogP) is 2.81. The SMILES string of the molecule is CC(NCc1ccccc1CO)c1cnn(C(C)C)c1. The topological polar surface area (TPSA) is 50.1 Å². The molecule has 1 unspecified atom stereocenters. The Hall–Kier alpha value is -1.65. The molecule has 1 heterocycles. The molecule has 0 spiro atoms. The highest BCUT2D eigenvalue weighted by molar-refractivity contribution is 5.26. The molecule has 1 aromatic carbocycles. The zero-order valence-corrected chi connectivity index (χ0v) is 12.4. The Balaban J connectivity index is 1.99. The van der Waals surface area contributed by atoms with Gasteiger partial charge in [-0.3, -0.25) is 4.68 Å². The van der Waals surface area contributed by atoms with Crippen LogP contribution in [0, 0.1) is 0 Å². The van der Waals surface area contributed by atoms with Crippen LogP contribution in [0.3, 0.4) is 0 Å².